The molecule has 1 aliphatic rings. The van der Waals surface area contributed by atoms with Gasteiger partial charge in [0, 0.05) is 16.8 Å². The van der Waals surface area contributed by atoms with Crippen LogP contribution in [0, 0.1) is 10.8 Å². The molecule has 1 heteroatoms. The first-order valence-electron chi connectivity index (χ1n) is 8.24. The first kappa shape index (κ1) is 19.0. The van der Waals surface area contributed by atoms with Crippen molar-refractivity contribution in [2.75, 3.05) is 0 Å². The van der Waals surface area contributed by atoms with E-state index in [-0.39, 0.29) is 10.8 Å². The van der Waals surface area contributed by atoms with Crippen LogP contribution in [0.2, 0.25) is 0 Å². The Morgan fingerprint density at radius 3 is 1.70 bits per heavy atom. The zero-order valence-corrected chi connectivity index (χ0v) is 15.4. The van der Waals surface area contributed by atoms with Crippen LogP contribution in [-0.2, 0) is 0 Å². The minimum absolute atomic E-state index is 0.0633. The number of rotatable bonds is 2. The highest BCUT2D eigenvalue weighted by molar-refractivity contribution is 5.32. The van der Waals surface area contributed by atoms with Gasteiger partial charge in [-0.15, -0.1) is 0 Å². The van der Waals surface area contributed by atoms with Crippen molar-refractivity contribution in [1.82, 2.24) is 5.32 Å². The van der Waals surface area contributed by atoms with Crippen LogP contribution >= 0.6 is 0 Å². The first-order chi connectivity index (χ1) is 10.7. The number of allylic oxidation sites excluding steroid dienone is 13. The molecular weight excluding hydrogens is 278 g/mol. The summed E-state index contributed by atoms with van der Waals surface area (Å²) in [6.45, 7) is 13.4. The molecule has 0 bridgehead atoms. The predicted octanol–water partition coefficient (Wildman–Crippen LogP) is 6.23. The van der Waals surface area contributed by atoms with E-state index in [1.807, 2.05) is 42.5 Å². The Balaban J connectivity index is 3.10. The van der Waals surface area contributed by atoms with Crippen molar-refractivity contribution < 1.29 is 0 Å². The summed E-state index contributed by atoms with van der Waals surface area (Å²) in [7, 11) is 0. The number of nitrogens with one attached hydrogen (secondary N) is 1. The molecule has 0 aromatic heterocycles. The van der Waals surface area contributed by atoms with Gasteiger partial charge in [0.2, 0.25) is 0 Å². The second kappa shape index (κ2) is 8.57. The third kappa shape index (κ3) is 8.87. The lowest BCUT2D eigenvalue weighted by Crippen LogP contribution is -2.25. The minimum atomic E-state index is 0.0633. The van der Waals surface area contributed by atoms with Crippen LogP contribution < -0.4 is 5.32 Å². The van der Waals surface area contributed by atoms with Gasteiger partial charge in [-0.25, -0.2) is 0 Å². The van der Waals surface area contributed by atoms with Crippen LogP contribution in [-0.4, -0.2) is 0 Å². The van der Waals surface area contributed by atoms with Crippen molar-refractivity contribution in [2.24, 2.45) is 10.8 Å². The maximum atomic E-state index is 3.61. The number of hydrogen-bond acceptors (Lipinski definition) is 1. The fraction of sp³-hybridized carbons (Fsp3) is 0.364. The lowest BCUT2D eigenvalue weighted by Gasteiger charge is -2.28. The topological polar surface area (TPSA) is 12.0 Å². The molecule has 23 heavy (non-hydrogen) atoms. The average Bonchev–Trinajstić information content (AvgIpc) is 2.38. The smallest absolute Gasteiger partial charge is 0.0381 e. The van der Waals surface area contributed by atoms with Gasteiger partial charge in [0.15, 0.2) is 0 Å². The molecule has 0 fully saturated rings. The Bertz CT molecular complexity index is 576. The molecule has 124 valence electrons. The van der Waals surface area contributed by atoms with Crippen molar-refractivity contribution in [3.8, 4) is 0 Å². The van der Waals surface area contributed by atoms with Crippen LogP contribution in [0.3, 0.4) is 0 Å². The van der Waals surface area contributed by atoms with E-state index >= 15 is 0 Å². The molecule has 0 amide bonds. The molecule has 1 nitrogen and oxygen atoms in total. The predicted molar refractivity (Wildman–Crippen MR) is 104 cm³/mol. The van der Waals surface area contributed by atoms with Gasteiger partial charge in [-0.05, 0) is 17.6 Å². The zero-order valence-electron chi connectivity index (χ0n) is 15.4. The van der Waals surface area contributed by atoms with E-state index in [2.05, 4.69) is 77.2 Å². The highest BCUT2D eigenvalue weighted by Gasteiger charge is 2.20. The van der Waals surface area contributed by atoms with Crippen LogP contribution in [0.15, 0.2) is 84.3 Å². The maximum absolute atomic E-state index is 3.61. The van der Waals surface area contributed by atoms with Gasteiger partial charge in [0.05, 0.1) is 0 Å². The SMILES string of the molecule is CC(C)(C)/C=C(/NC1=C\C=C/C=C\C=C/C=C\C=C1)C(C)(C)C. The fourth-order valence-electron chi connectivity index (χ4n) is 1.93. The molecule has 0 heterocycles. The van der Waals surface area contributed by atoms with E-state index in [1.165, 1.54) is 5.70 Å². The summed E-state index contributed by atoms with van der Waals surface area (Å²) in [6, 6.07) is 0. The van der Waals surface area contributed by atoms with Crippen molar-refractivity contribution in [1.29, 1.82) is 0 Å². The van der Waals surface area contributed by atoms with E-state index in [0.717, 1.165) is 5.70 Å². The zero-order chi connectivity index (χ0) is 17.3. The van der Waals surface area contributed by atoms with Crippen molar-refractivity contribution in [3.05, 3.63) is 84.3 Å². The van der Waals surface area contributed by atoms with Gasteiger partial charge in [-0.3, -0.25) is 0 Å². The summed E-state index contributed by atoms with van der Waals surface area (Å²) in [4.78, 5) is 0. The molecule has 0 saturated heterocycles. The molecule has 0 aromatic rings. The van der Waals surface area contributed by atoms with E-state index in [0.29, 0.717) is 0 Å². The van der Waals surface area contributed by atoms with Crippen molar-refractivity contribution in [2.45, 2.75) is 41.5 Å². The quantitative estimate of drug-likeness (QED) is 0.637. The Labute approximate surface area is 142 Å². The van der Waals surface area contributed by atoms with Gasteiger partial charge in [0.25, 0.3) is 0 Å². The third-order valence-electron chi connectivity index (χ3n) is 3.10. The highest BCUT2D eigenvalue weighted by Crippen LogP contribution is 2.29. The Hall–Kier alpha value is -2.02. The van der Waals surface area contributed by atoms with Crippen LogP contribution in [0.4, 0.5) is 0 Å². The molecule has 0 saturated carbocycles. The summed E-state index contributed by atoms with van der Waals surface area (Å²) in [6.07, 6.45) is 24.8. The normalized spacial score (nSPS) is 22.3. The van der Waals surface area contributed by atoms with E-state index < -0.39 is 0 Å². The Morgan fingerprint density at radius 2 is 1.22 bits per heavy atom. The monoisotopic (exact) mass is 309 g/mol. The summed E-state index contributed by atoms with van der Waals surface area (Å²) >= 11 is 0. The Kier molecular flexibility index (Phi) is 7.09. The van der Waals surface area contributed by atoms with Gasteiger partial charge in [-0.1, -0.05) is 102 Å². The molecule has 1 aliphatic carbocycles. The van der Waals surface area contributed by atoms with Crippen LogP contribution in [0.1, 0.15) is 41.5 Å². The summed E-state index contributed by atoms with van der Waals surface area (Å²) < 4.78 is 0. The standard InChI is InChI=1S/C22H31N/c1-21(2,3)18-20(22(4,5)6)23-19-16-14-12-10-8-7-9-11-13-15-17-19/h7-18,23H,1-6H3/b8-7-,9-7?,10-8?,11-9-,12-10-,13-11?,14-12?,15-13-,16-14?,17-15?,19-16?,19-17?,20-18+. The molecule has 0 atom stereocenters. The lowest BCUT2D eigenvalue weighted by atomic mass is 9.85. The largest absolute Gasteiger partial charge is 0.359 e. The van der Waals surface area contributed by atoms with Crippen LogP contribution in [0.25, 0.3) is 0 Å². The molecule has 1 N–H and O–H groups in total. The third-order valence-corrected chi connectivity index (χ3v) is 3.10. The molecule has 0 radical (unpaired) electrons. The van der Waals surface area contributed by atoms with E-state index in [4.69, 9.17) is 0 Å². The number of hydrogen-bond donors (Lipinski definition) is 1. The van der Waals surface area contributed by atoms with Gasteiger partial charge >= 0.3 is 0 Å². The Morgan fingerprint density at radius 1 is 0.739 bits per heavy atom. The first-order valence-corrected chi connectivity index (χ1v) is 8.24. The second-order valence-corrected chi connectivity index (χ2v) is 7.82. The molecule has 0 aromatic carbocycles. The summed E-state index contributed by atoms with van der Waals surface area (Å²) in [5.41, 5.74) is 2.51. The molecular formula is C22H31N. The molecule has 1 rings (SSSR count). The molecule has 0 spiro atoms. The van der Waals surface area contributed by atoms with Gasteiger partial charge in [0.1, 0.15) is 0 Å². The molecule has 0 unspecified atom stereocenters. The average molecular weight is 309 g/mol. The van der Waals surface area contributed by atoms with Gasteiger partial charge in [-0.2, -0.15) is 0 Å². The van der Waals surface area contributed by atoms with E-state index in [9.17, 15) is 0 Å². The van der Waals surface area contributed by atoms with Crippen molar-refractivity contribution in [3.63, 3.8) is 0 Å². The van der Waals surface area contributed by atoms with Gasteiger partial charge < -0.3 is 5.32 Å². The van der Waals surface area contributed by atoms with Crippen LogP contribution in [0.5, 0.6) is 0 Å². The summed E-state index contributed by atoms with van der Waals surface area (Å²) in [5, 5.41) is 3.61. The summed E-state index contributed by atoms with van der Waals surface area (Å²) in [5.74, 6) is 0. The maximum Gasteiger partial charge on any atom is 0.0381 e. The molecule has 0 aliphatic heterocycles. The second-order valence-electron chi connectivity index (χ2n) is 7.82. The lowest BCUT2D eigenvalue weighted by molar-refractivity contribution is 0.447. The minimum Gasteiger partial charge on any atom is -0.359 e. The van der Waals surface area contributed by atoms with E-state index in [1.54, 1.807) is 0 Å². The highest BCUT2D eigenvalue weighted by atomic mass is 14.9. The van der Waals surface area contributed by atoms with Crippen molar-refractivity contribution >= 4 is 0 Å². The fourth-order valence-corrected chi connectivity index (χ4v) is 1.93.